The van der Waals surface area contributed by atoms with Crippen LogP contribution in [0.5, 0.6) is 5.75 Å². The summed E-state index contributed by atoms with van der Waals surface area (Å²) < 4.78 is 18.8. The summed E-state index contributed by atoms with van der Waals surface area (Å²) in [5.41, 5.74) is 2.36. The lowest BCUT2D eigenvalue weighted by Crippen LogP contribution is -2.50. The van der Waals surface area contributed by atoms with Gasteiger partial charge in [0.15, 0.2) is 0 Å². The van der Waals surface area contributed by atoms with E-state index in [0.717, 1.165) is 16.9 Å². The molecule has 1 amide bonds. The van der Waals surface area contributed by atoms with Crippen LogP contribution in [0.1, 0.15) is 5.56 Å². The molecule has 8 heteroatoms. The quantitative estimate of drug-likeness (QED) is 0.628. The Balaban J connectivity index is 1.29. The van der Waals surface area contributed by atoms with E-state index >= 15 is 0 Å². The minimum atomic E-state index is -0.443. The van der Waals surface area contributed by atoms with Crippen LogP contribution in [0, 0.1) is 5.82 Å². The number of nitrogens with one attached hydrogen (secondary N) is 1. The third kappa shape index (κ3) is 3.89. The molecule has 0 aliphatic carbocycles. The minimum absolute atomic E-state index is 0.0144. The second-order valence-corrected chi connectivity index (χ2v) is 7.20. The lowest BCUT2D eigenvalue weighted by atomic mass is 10.1. The minimum Gasteiger partial charge on any atom is -0.426 e. The van der Waals surface area contributed by atoms with Gasteiger partial charge in [-0.15, -0.1) is 0 Å². The molecule has 0 aromatic heterocycles. The second kappa shape index (κ2) is 7.67. The number of nitrogens with zero attached hydrogens (tertiary/aromatic N) is 2. The number of anilines is 2. The van der Waals surface area contributed by atoms with E-state index in [-0.39, 0.29) is 29.9 Å². The molecule has 2 aromatic rings. The molecule has 0 radical (unpaired) electrons. The molecular formula is C20H19ClFN3O3. The first-order chi connectivity index (χ1) is 13.5. The topological polar surface area (TPSA) is 61.9 Å². The maximum Gasteiger partial charge on any atom is 0.315 e. The SMILES string of the molecule is O=C1Cc2ccc(NCC(=O)N3CCN(c4ccc(Cl)c(F)c4)CC3)cc2O1. The molecule has 2 aromatic carbocycles. The lowest BCUT2D eigenvalue weighted by Gasteiger charge is -2.36. The molecule has 1 saturated heterocycles. The number of piperazine rings is 1. The number of fused-ring (bicyclic) bond motifs is 1. The van der Waals surface area contributed by atoms with Crippen molar-refractivity contribution in [2.24, 2.45) is 0 Å². The second-order valence-electron chi connectivity index (χ2n) is 6.79. The fourth-order valence-corrected chi connectivity index (χ4v) is 3.52. The third-order valence-corrected chi connectivity index (χ3v) is 5.28. The zero-order valence-corrected chi connectivity index (χ0v) is 15.8. The van der Waals surface area contributed by atoms with Crippen LogP contribution in [0.25, 0.3) is 0 Å². The summed E-state index contributed by atoms with van der Waals surface area (Å²) in [6, 6.07) is 10.1. The zero-order valence-electron chi connectivity index (χ0n) is 15.1. The highest BCUT2D eigenvalue weighted by molar-refractivity contribution is 6.30. The molecule has 0 unspecified atom stereocenters. The first kappa shape index (κ1) is 18.6. The van der Waals surface area contributed by atoms with Crippen molar-refractivity contribution in [2.75, 3.05) is 42.9 Å². The van der Waals surface area contributed by atoms with Crippen LogP contribution in [0.3, 0.4) is 0 Å². The maximum atomic E-state index is 13.6. The highest BCUT2D eigenvalue weighted by Gasteiger charge is 2.23. The molecule has 0 saturated carbocycles. The third-order valence-electron chi connectivity index (χ3n) is 4.97. The predicted octanol–water partition coefficient (Wildman–Crippen LogP) is 2.70. The van der Waals surface area contributed by atoms with Gasteiger partial charge in [0, 0.05) is 49.2 Å². The van der Waals surface area contributed by atoms with Crippen LogP contribution in [0.2, 0.25) is 5.02 Å². The highest BCUT2D eigenvalue weighted by atomic mass is 35.5. The van der Waals surface area contributed by atoms with Crippen LogP contribution in [-0.2, 0) is 16.0 Å². The molecular weight excluding hydrogens is 385 g/mol. The van der Waals surface area contributed by atoms with Crippen molar-refractivity contribution in [3.8, 4) is 5.75 Å². The van der Waals surface area contributed by atoms with E-state index in [1.54, 1.807) is 23.1 Å². The first-order valence-corrected chi connectivity index (χ1v) is 9.42. The molecule has 146 valence electrons. The standard InChI is InChI=1S/C20H19ClFN3O3/c21-16-4-3-15(11-17(16)22)24-5-7-25(8-6-24)19(26)12-23-14-2-1-13-9-20(27)28-18(13)10-14/h1-4,10-11,23H,5-9,12H2. The van der Waals surface area contributed by atoms with Crippen molar-refractivity contribution < 1.29 is 18.7 Å². The van der Waals surface area contributed by atoms with Crippen molar-refractivity contribution in [2.45, 2.75) is 6.42 Å². The number of esters is 1. The number of carbonyl (C=O) groups excluding carboxylic acids is 2. The van der Waals surface area contributed by atoms with Gasteiger partial charge in [0.1, 0.15) is 11.6 Å². The predicted molar refractivity (Wildman–Crippen MR) is 104 cm³/mol. The molecule has 2 heterocycles. The fourth-order valence-electron chi connectivity index (χ4n) is 3.41. The van der Waals surface area contributed by atoms with Crippen LogP contribution in [0.4, 0.5) is 15.8 Å². The Kier molecular flexibility index (Phi) is 5.09. The number of hydrogen-bond donors (Lipinski definition) is 1. The number of rotatable bonds is 4. The number of halogens is 2. The highest BCUT2D eigenvalue weighted by Crippen LogP contribution is 2.29. The van der Waals surface area contributed by atoms with Crippen molar-refractivity contribution in [1.29, 1.82) is 0 Å². The number of benzene rings is 2. The van der Waals surface area contributed by atoms with E-state index in [0.29, 0.717) is 31.9 Å². The molecule has 1 N–H and O–H groups in total. The van der Waals surface area contributed by atoms with E-state index in [1.807, 2.05) is 17.0 Å². The maximum absolute atomic E-state index is 13.6. The molecule has 0 bridgehead atoms. The van der Waals surface area contributed by atoms with Crippen LogP contribution in [-0.4, -0.2) is 49.5 Å². The molecule has 4 rings (SSSR count). The number of hydrogen-bond acceptors (Lipinski definition) is 5. The lowest BCUT2D eigenvalue weighted by molar-refractivity contribution is -0.132. The molecule has 28 heavy (non-hydrogen) atoms. The van der Waals surface area contributed by atoms with Crippen LogP contribution >= 0.6 is 11.6 Å². The monoisotopic (exact) mass is 403 g/mol. The smallest absolute Gasteiger partial charge is 0.315 e. The average molecular weight is 404 g/mol. The normalized spacial score (nSPS) is 16.0. The first-order valence-electron chi connectivity index (χ1n) is 9.05. The summed E-state index contributed by atoms with van der Waals surface area (Å²) in [7, 11) is 0. The van der Waals surface area contributed by atoms with Crippen molar-refractivity contribution >= 4 is 34.9 Å². The average Bonchev–Trinajstić information content (AvgIpc) is 3.07. The molecule has 2 aliphatic rings. The van der Waals surface area contributed by atoms with E-state index in [9.17, 15) is 14.0 Å². The van der Waals surface area contributed by atoms with Gasteiger partial charge < -0.3 is 19.9 Å². The largest absolute Gasteiger partial charge is 0.426 e. The van der Waals surface area contributed by atoms with Crippen molar-refractivity contribution in [3.63, 3.8) is 0 Å². The Morgan fingerprint density at radius 2 is 1.93 bits per heavy atom. The molecule has 2 aliphatic heterocycles. The van der Waals surface area contributed by atoms with E-state index < -0.39 is 5.82 Å². The van der Waals surface area contributed by atoms with Gasteiger partial charge >= 0.3 is 5.97 Å². The van der Waals surface area contributed by atoms with E-state index in [1.165, 1.54) is 6.07 Å². The van der Waals surface area contributed by atoms with Gasteiger partial charge in [0.05, 0.1) is 18.0 Å². The van der Waals surface area contributed by atoms with Gasteiger partial charge in [-0.2, -0.15) is 0 Å². The van der Waals surface area contributed by atoms with Crippen LogP contribution < -0.4 is 15.0 Å². The number of carbonyl (C=O) groups is 2. The van der Waals surface area contributed by atoms with Gasteiger partial charge in [-0.05, 0) is 24.3 Å². The molecule has 1 fully saturated rings. The Morgan fingerprint density at radius 3 is 2.68 bits per heavy atom. The molecule has 6 nitrogen and oxygen atoms in total. The summed E-state index contributed by atoms with van der Waals surface area (Å²) in [5.74, 6) is -0.172. The van der Waals surface area contributed by atoms with Crippen molar-refractivity contribution in [1.82, 2.24) is 4.90 Å². The molecule has 0 atom stereocenters. The van der Waals surface area contributed by atoms with Gasteiger partial charge in [-0.3, -0.25) is 9.59 Å². The summed E-state index contributed by atoms with van der Waals surface area (Å²) >= 11 is 5.73. The van der Waals surface area contributed by atoms with Gasteiger partial charge in [0.25, 0.3) is 0 Å². The summed E-state index contributed by atoms with van der Waals surface area (Å²) in [4.78, 5) is 27.6. The summed E-state index contributed by atoms with van der Waals surface area (Å²) in [6.07, 6.45) is 0.288. The van der Waals surface area contributed by atoms with Gasteiger partial charge in [-0.1, -0.05) is 17.7 Å². The Bertz CT molecular complexity index is 929. The fraction of sp³-hybridized carbons (Fsp3) is 0.300. The van der Waals surface area contributed by atoms with E-state index in [2.05, 4.69) is 5.32 Å². The zero-order chi connectivity index (χ0) is 19.7. The summed E-state index contributed by atoms with van der Waals surface area (Å²) in [5, 5.41) is 3.18. The molecule has 0 spiro atoms. The van der Waals surface area contributed by atoms with Crippen molar-refractivity contribution in [3.05, 3.63) is 52.8 Å². The summed E-state index contributed by atoms with van der Waals surface area (Å²) in [6.45, 7) is 2.53. The Morgan fingerprint density at radius 1 is 1.14 bits per heavy atom. The van der Waals surface area contributed by atoms with Gasteiger partial charge in [-0.25, -0.2) is 4.39 Å². The number of amides is 1. The van der Waals surface area contributed by atoms with Gasteiger partial charge in [0.2, 0.25) is 5.91 Å². The van der Waals surface area contributed by atoms with Crippen LogP contribution in [0.15, 0.2) is 36.4 Å². The number of ether oxygens (including phenoxy) is 1. The Labute approximate surface area is 166 Å². The Hall–Kier alpha value is -2.80. The van der Waals surface area contributed by atoms with E-state index in [4.69, 9.17) is 16.3 Å².